The highest BCUT2D eigenvalue weighted by Gasteiger charge is 2.17. The number of nitrogens with zero attached hydrogens (tertiary/aromatic N) is 1. The van der Waals surface area contributed by atoms with Crippen molar-refractivity contribution in [1.82, 2.24) is 4.90 Å². The number of fused-ring (bicyclic) bond motifs is 1. The standard InChI is InChI=1S/C17H20N/c1-14(18-11-5-2-6-12-18)16-10-9-15-7-3-4-8-17(15)13-16/h4,7-10,13-14H,2,5-6,11-12H2,1H3. The fourth-order valence-corrected chi connectivity index (χ4v) is 2.92. The largest absolute Gasteiger partial charge is 0.297 e. The van der Waals surface area contributed by atoms with E-state index in [-0.39, 0.29) is 0 Å². The molecule has 1 radical (unpaired) electrons. The average molecular weight is 238 g/mol. The van der Waals surface area contributed by atoms with Crippen molar-refractivity contribution in [3.63, 3.8) is 0 Å². The lowest BCUT2D eigenvalue weighted by Crippen LogP contribution is -2.32. The summed E-state index contributed by atoms with van der Waals surface area (Å²) < 4.78 is 0. The zero-order chi connectivity index (χ0) is 12.4. The number of benzene rings is 2. The Morgan fingerprint density at radius 1 is 1.06 bits per heavy atom. The van der Waals surface area contributed by atoms with Crippen molar-refractivity contribution in [2.75, 3.05) is 13.1 Å². The van der Waals surface area contributed by atoms with E-state index in [1.807, 2.05) is 6.07 Å². The summed E-state index contributed by atoms with van der Waals surface area (Å²) in [6, 6.07) is 16.7. The lowest BCUT2D eigenvalue weighted by Gasteiger charge is -2.32. The van der Waals surface area contributed by atoms with E-state index in [9.17, 15) is 0 Å². The SMILES string of the molecule is CC(c1ccc2c[c]ccc2c1)N1CCCCC1. The summed E-state index contributed by atoms with van der Waals surface area (Å²) in [5.41, 5.74) is 1.44. The molecule has 1 heteroatoms. The lowest BCUT2D eigenvalue weighted by molar-refractivity contribution is 0.175. The Kier molecular flexibility index (Phi) is 3.33. The second kappa shape index (κ2) is 5.11. The van der Waals surface area contributed by atoms with E-state index in [1.165, 1.54) is 48.7 Å². The third-order valence-electron chi connectivity index (χ3n) is 4.13. The van der Waals surface area contributed by atoms with Gasteiger partial charge in [0.25, 0.3) is 0 Å². The zero-order valence-corrected chi connectivity index (χ0v) is 11.0. The predicted molar refractivity (Wildman–Crippen MR) is 76.6 cm³/mol. The van der Waals surface area contributed by atoms with E-state index in [2.05, 4.69) is 48.2 Å². The molecule has 0 amide bonds. The molecule has 1 nitrogen and oxygen atoms in total. The normalized spacial score (nSPS) is 18.9. The fourth-order valence-electron chi connectivity index (χ4n) is 2.92. The zero-order valence-electron chi connectivity index (χ0n) is 11.0. The summed E-state index contributed by atoms with van der Waals surface area (Å²) in [6.07, 6.45) is 4.11. The Morgan fingerprint density at radius 2 is 1.89 bits per heavy atom. The van der Waals surface area contributed by atoms with Gasteiger partial charge in [0, 0.05) is 6.04 Å². The van der Waals surface area contributed by atoms with Crippen molar-refractivity contribution in [3.8, 4) is 0 Å². The third kappa shape index (κ3) is 2.28. The predicted octanol–water partition coefficient (Wildman–Crippen LogP) is 4.19. The Labute approximate surface area is 109 Å². The molecule has 1 aliphatic heterocycles. The quantitative estimate of drug-likeness (QED) is 0.758. The van der Waals surface area contributed by atoms with Gasteiger partial charge in [-0.2, -0.15) is 0 Å². The van der Waals surface area contributed by atoms with Crippen molar-refractivity contribution >= 4 is 10.8 Å². The van der Waals surface area contributed by atoms with E-state index in [0.717, 1.165) is 0 Å². The molecule has 0 saturated carbocycles. The summed E-state index contributed by atoms with van der Waals surface area (Å²) in [5, 5.41) is 2.61. The second-order valence-corrected chi connectivity index (χ2v) is 5.31. The first-order valence-electron chi connectivity index (χ1n) is 6.98. The molecule has 0 bridgehead atoms. The molecular formula is C17H20N. The molecule has 1 saturated heterocycles. The van der Waals surface area contributed by atoms with Gasteiger partial charge >= 0.3 is 0 Å². The van der Waals surface area contributed by atoms with Crippen molar-refractivity contribution in [1.29, 1.82) is 0 Å². The molecule has 1 aliphatic rings. The number of hydrogen-bond donors (Lipinski definition) is 0. The van der Waals surface area contributed by atoms with Gasteiger partial charge in [-0.25, -0.2) is 0 Å². The van der Waals surface area contributed by atoms with Crippen LogP contribution in [0.1, 0.15) is 37.8 Å². The van der Waals surface area contributed by atoms with Crippen LogP contribution in [0.4, 0.5) is 0 Å². The highest BCUT2D eigenvalue weighted by Crippen LogP contribution is 2.26. The van der Waals surface area contributed by atoms with E-state index in [1.54, 1.807) is 0 Å². The highest BCUT2D eigenvalue weighted by atomic mass is 15.2. The van der Waals surface area contributed by atoms with Gasteiger partial charge in [0.05, 0.1) is 0 Å². The number of piperidine rings is 1. The third-order valence-corrected chi connectivity index (χ3v) is 4.13. The molecule has 18 heavy (non-hydrogen) atoms. The summed E-state index contributed by atoms with van der Waals surface area (Å²) in [4.78, 5) is 2.61. The Morgan fingerprint density at radius 3 is 2.72 bits per heavy atom. The Bertz CT molecular complexity index is 526. The maximum Gasteiger partial charge on any atom is 0.0320 e. The summed E-state index contributed by atoms with van der Waals surface area (Å²) in [5.74, 6) is 0. The fraction of sp³-hybridized carbons (Fsp3) is 0.412. The molecule has 2 aromatic rings. The van der Waals surface area contributed by atoms with Gasteiger partial charge in [-0.3, -0.25) is 4.90 Å². The highest BCUT2D eigenvalue weighted by molar-refractivity contribution is 5.82. The molecule has 0 N–H and O–H groups in total. The second-order valence-electron chi connectivity index (χ2n) is 5.31. The van der Waals surface area contributed by atoms with Crippen LogP contribution in [0.15, 0.2) is 36.4 Å². The lowest BCUT2D eigenvalue weighted by atomic mass is 10.00. The molecule has 3 rings (SSSR count). The molecule has 1 heterocycles. The minimum atomic E-state index is 0.541. The van der Waals surface area contributed by atoms with E-state index < -0.39 is 0 Å². The van der Waals surface area contributed by atoms with E-state index in [0.29, 0.717) is 6.04 Å². The van der Waals surface area contributed by atoms with Gasteiger partial charge in [-0.1, -0.05) is 30.7 Å². The van der Waals surface area contributed by atoms with Crippen LogP contribution in [-0.4, -0.2) is 18.0 Å². The summed E-state index contributed by atoms with van der Waals surface area (Å²) >= 11 is 0. The first-order valence-corrected chi connectivity index (χ1v) is 6.98. The number of likely N-dealkylation sites (tertiary alicyclic amines) is 1. The van der Waals surface area contributed by atoms with Crippen LogP contribution < -0.4 is 0 Å². The van der Waals surface area contributed by atoms with Crippen LogP contribution in [0.3, 0.4) is 0 Å². The van der Waals surface area contributed by atoms with Crippen molar-refractivity contribution in [3.05, 3.63) is 48.0 Å². The van der Waals surface area contributed by atoms with E-state index in [4.69, 9.17) is 0 Å². The molecule has 93 valence electrons. The first kappa shape index (κ1) is 11.7. The van der Waals surface area contributed by atoms with Gasteiger partial charge in [-0.15, -0.1) is 0 Å². The molecule has 1 fully saturated rings. The van der Waals surface area contributed by atoms with Crippen LogP contribution in [0.5, 0.6) is 0 Å². The van der Waals surface area contributed by atoms with Gasteiger partial charge in [0.15, 0.2) is 0 Å². The number of hydrogen-bond acceptors (Lipinski definition) is 1. The topological polar surface area (TPSA) is 3.24 Å². The molecular weight excluding hydrogens is 218 g/mol. The molecule has 0 aliphatic carbocycles. The molecule has 1 atom stereocenters. The summed E-state index contributed by atoms with van der Waals surface area (Å²) in [6.45, 7) is 4.84. The first-order chi connectivity index (χ1) is 8.84. The molecule has 0 aromatic heterocycles. The molecule has 2 aromatic carbocycles. The molecule has 0 spiro atoms. The van der Waals surface area contributed by atoms with Crippen LogP contribution in [0.2, 0.25) is 0 Å². The van der Waals surface area contributed by atoms with Gasteiger partial charge in [0.1, 0.15) is 0 Å². The minimum absolute atomic E-state index is 0.541. The van der Waals surface area contributed by atoms with Crippen LogP contribution >= 0.6 is 0 Å². The Hall–Kier alpha value is -1.34. The smallest absolute Gasteiger partial charge is 0.0320 e. The van der Waals surface area contributed by atoms with Gasteiger partial charge < -0.3 is 0 Å². The summed E-state index contributed by atoms with van der Waals surface area (Å²) in [7, 11) is 0. The van der Waals surface area contributed by atoms with Crippen LogP contribution in [0.25, 0.3) is 10.8 Å². The van der Waals surface area contributed by atoms with Crippen molar-refractivity contribution < 1.29 is 0 Å². The van der Waals surface area contributed by atoms with Crippen molar-refractivity contribution in [2.24, 2.45) is 0 Å². The average Bonchev–Trinajstić information content (AvgIpc) is 2.47. The van der Waals surface area contributed by atoms with Crippen LogP contribution in [0, 0.1) is 6.07 Å². The maximum atomic E-state index is 3.14. The van der Waals surface area contributed by atoms with Crippen molar-refractivity contribution in [2.45, 2.75) is 32.2 Å². The van der Waals surface area contributed by atoms with Gasteiger partial charge in [-0.05, 0) is 67.4 Å². The molecule has 1 unspecified atom stereocenters. The Balaban J connectivity index is 1.88. The monoisotopic (exact) mass is 238 g/mol. The van der Waals surface area contributed by atoms with Gasteiger partial charge in [0.2, 0.25) is 0 Å². The minimum Gasteiger partial charge on any atom is -0.297 e. The number of rotatable bonds is 2. The van der Waals surface area contributed by atoms with Crippen LogP contribution in [-0.2, 0) is 0 Å². The maximum absolute atomic E-state index is 3.14. The van der Waals surface area contributed by atoms with E-state index >= 15 is 0 Å².